The fourth-order valence-electron chi connectivity index (χ4n) is 4.85. The first-order valence-corrected chi connectivity index (χ1v) is 7.60. The molecule has 1 spiro atoms. The van der Waals surface area contributed by atoms with Crippen molar-refractivity contribution < 1.29 is 9.59 Å². The third-order valence-electron chi connectivity index (χ3n) is 5.89. The molecule has 4 atom stereocenters. The van der Waals surface area contributed by atoms with Gasteiger partial charge in [-0.25, -0.2) is 5.01 Å². The quantitative estimate of drug-likeness (QED) is 0.799. The zero-order chi connectivity index (χ0) is 14.2. The lowest BCUT2D eigenvalue weighted by Gasteiger charge is -2.37. The van der Waals surface area contributed by atoms with Crippen LogP contribution in [0.2, 0.25) is 0 Å². The Bertz CT molecular complexity index is 677. The van der Waals surface area contributed by atoms with Crippen LogP contribution < -0.4 is 10.4 Å². The molecular weight excluding hydrogens is 264 g/mol. The summed E-state index contributed by atoms with van der Waals surface area (Å²) < 4.78 is 0. The van der Waals surface area contributed by atoms with E-state index in [1.807, 2.05) is 30.3 Å². The smallest absolute Gasteiger partial charge is 0.250 e. The summed E-state index contributed by atoms with van der Waals surface area (Å²) in [5, 5.41) is 1.45. The van der Waals surface area contributed by atoms with Crippen molar-refractivity contribution in [3.8, 4) is 0 Å². The van der Waals surface area contributed by atoms with Crippen molar-refractivity contribution in [1.29, 1.82) is 0 Å². The molecule has 1 aromatic rings. The van der Waals surface area contributed by atoms with E-state index in [1.165, 1.54) is 5.01 Å². The zero-order valence-corrected chi connectivity index (χ0v) is 11.5. The number of hydrogen-bond donors (Lipinski definition) is 1. The molecule has 4 nitrogen and oxygen atoms in total. The summed E-state index contributed by atoms with van der Waals surface area (Å²) in [4.78, 5) is 25.5. The summed E-state index contributed by atoms with van der Waals surface area (Å²) in [6, 6.07) is 9.37. The second-order valence-electron chi connectivity index (χ2n) is 6.71. The molecule has 2 saturated carbocycles. The van der Waals surface area contributed by atoms with E-state index in [9.17, 15) is 9.59 Å². The maximum atomic E-state index is 12.9. The van der Waals surface area contributed by atoms with Crippen molar-refractivity contribution in [2.24, 2.45) is 29.1 Å². The Balaban J connectivity index is 1.57. The molecule has 1 aromatic carbocycles. The molecule has 5 rings (SSSR count). The van der Waals surface area contributed by atoms with Crippen molar-refractivity contribution in [2.75, 3.05) is 5.01 Å². The van der Waals surface area contributed by atoms with E-state index in [4.69, 9.17) is 0 Å². The van der Waals surface area contributed by atoms with E-state index in [0.29, 0.717) is 0 Å². The van der Waals surface area contributed by atoms with Crippen LogP contribution >= 0.6 is 0 Å². The summed E-state index contributed by atoms with van der Waals surface area (Å²) in [6.07, 6.45) is 6.70. The molecular formula is C17H16N2O2. The molecule has 21 heavy (non-hydrogen) atoms. The van der Waals surface area contributed by atoms with Crippen LogP contribution in [0.5, 0.6) is 0 Å². The highest BCUT2D eigenvalue weighted by molar-refractivity contribution is 6.05. The molecule has 106 valence electrons. The summed E-state index contributed by atoms with van der Waals surface area (Å²) >= 11 is 0. The molecule has 2 bridgehead atoms. The number of fused-ring (bicyclic) bond motifs is 3. The molecule has 1 saturated heterocycles. The second-order valence-corrected chi connectivity index (χ2v) is 6.71. The number of nitrogens with zero attached hydrogens (tertiary/aromatic N) is 1. The van der Waals surface area contributed by atoms with Gasteiger partial charge >= 0.3 is 0 Å². The first-order valence-electron chi connectivity index (χ1n) is 7.60. The van der Waals surface area contributed by atoms with Crippen LogP contribution in [0.25, 0.3) is 0 Å². The molecule has 0 radical (unpaired) electrons. The van der Waals surface area contributed by atoms with E-state index < -0.39 is 0 Å². The predicted octanol–water partition coefficient (Wildman–Crippen LogP) is 1.89. The lowest BCUT2D eigenvalue weighted by molar-refractivity contribution is -0.140. The predicted molar refractivity (Wildman–Crippen MR) is 76.8 cm³/mol. The van der Waals surface area contributed by atoms with E-state index >= 15 is 0 Å². The average Bonchev–Trinajstić information content (AvgIpc) is 3.17. The number of para-hydroxylation sites is 1. The van der Waals surface area contributed by atoms with Gasteiger partial charge in [-0.3, -0.25) is 15.0 Å². The van der Waals surface area contributed by atoms with Gasteiger partial charge in [-0.2, -0.15) is 0 Å². The number of nitrogens with one attached hydrogen (secondary N) is 1. The van der Waals surface area contributed by atoms with E-state index in [1.54, 1.807) is 0 Å². The number of hydrogen-bond acceptors (Lipinski definition) is 2. The van der Waals surface area contributed by atoms with Crippen LogP contribution in [0.4, 0.5) is 5.69 Å². The Morgan fingerprint density at radius 3 is 2.33 bits per heavy atom. The number of amides is 2. The SMILES string of the molecule is O=C1NN(c2ccccc2)C(=O)[C@H]2[C@@H]1[C@H]1C=C[C@@H]2C12CC2. The number of anilines is 1. The van der Waals surface area contributed by atoms with Gasteiger partial charge in [0.1, 0.15) is 0 Å². The first kappa shape index (κ1) is 11.5. The van der Waals surface area contributed by atoms with Gasteiger partial charge in [-0.15, -0.1) is 0 Å². The summed E-state index contributed by atoms with van der Waals surface area (Å²) in [6.45, 7) is 0. The molecule has 1 N–H and O–H groups in total. The van der Waals surface area contributed by atoms with Crippen molar-refractivity contribution >= 4 is 17.5 Å². The number of allylic oxidation sites excluding steroid dienone is 2. The highest BCUT2D eigenvalue weighted by Crippen LogP contribution is 2.72. The van der Waals surface area contributed by atoms with Gasteiger partial charge in [0, 0.05) is 0 Å². The molecule has 4 heteroatoms. The summed E-state index contributed by atoms with van der Waals surface area (Å²) in [5.41, 5.74) is 3.79. The van der Waals surface area contributed by atoms with E-state index in [2.05, 4.69) is 17.6 Å². The third-order valence-corrected chi connectivity index (χ3v) is 5.89. The van der Waals surface area contributed by atoms with Gasteiger partial charge in [0.2, 0.25) is 11.8 Å². The van der Waals surface area contributed by atoms with Gasteiger partial charge in [0.15, 0.2) is 0 Å². The number of carbonyl (C=O) groups is 2. The topological polar surface area (TPSA) is 49.4 Å². The molecule has 3 fully saturated rings. The fourth-order valence-corrected chi connectivity index (χ4v) is 4.85. The van der Waals surface area contributed by atoms with Gasteiger partial charge in [0.05, 0.1) is 17.5 Å². The Kier molecular flexibility index (Phi) is 1.96. The third kappa shape index (κ3) is 1.26. The molecule has 0 unspecified atom stereocenters. The minimum Gasteiger partial charge on any atom is -0.273 e. The average molecular weight is 280 g/mol. The zero-order valence-electron chi connectivity index (χ0n) is 11.5. The van der Waals surface area contributed by atoms with Crippen molar-refractivity contribution in [2.45, 2.75) is 12.8 Å². The Labute approximate surface area is 122 Å². The molecule has 1 heterocycles. The normalized spacial score (nSPS) is 37.8. The lowest BCUT2D eigenvalue weighted by atomic mass is 9.80. The Hall–Kier alpha value is -2.10. The number of carbonyl (C=O) groups excluding carboxylic acids is 2. The first-order chi connectivity index (χ1) is 10.2. The molecule has 1 aliphatic heterocycles. The number of benzene rings is 1. The van der Waals surface area contributed by atoms with Crippen molar-refractivity contribution in [3.63, 3.8) is 0 Å². The van der Waals surface area contributed by atoms with Gasteiger partial charge in [0.25, 0.3) is 0 Å². The summed E-state index contributed by atoms with van der Waals surface area (Å²) in [5.74, 6) is 0.263. The molecule has 3 aliphatic carbocycles. The molecule has 4 aliphatic rings. The highest BCUT2D eigenvalue weighted by Gasteiger charge is 2.71. The Morgan fingerprint density at radius 2 is 1.67 bits per heavy atom. The monoisotopic (exact) mass is 280 g/mol. The molecule has 0 aromatic heterocycles. The fraction of sp³-hybridized carbons (Fsp3) is 0.412. The van der Waals surface area contributed by atoms with Crippen LogP contribution in [-0.4, -0.2) is 11.8 Å². The van der Waals surface area contributed by atoms with E-state index in [-0.39, 0.29) is 40.9 Å². The summed E-state index contributed by atoms with van der Waals surface area (Å²) in [7, 11) is 0. The minimum absolute atomic E-state index is 0.00609. The maximum absolute atomic E-state index is 12.9. The minimum atomic E-state index is -0.170. The van der Waals surface area contributed by atoms with Crippen LogP contribution in [0, 0.1) is 29.1 Å². The van der Waals surface area contributed by atoms with Crippen molar-refractivity contribution in [3.05, 3.63) is 42.5 Å². The second kappa shape index (κ2) is 3.56. The standard InChI is InChI=1S/C17H16N2O2/c20-15-13-11-6-7-12(17(11)8-9-17)14(13)16(21)19(18-15)10-4-2-1-3-5-10/h1-7,11-14H,8-9H2,(H,18,20)/t11-,12+,13+,14-/m1/s1. The van der Waals surface area contributed by atoms with Crippen molar-refractivity contribution in [1.82, 2.24) is 5.43 Å². The Morgan fingerprint density at radius 1 is 1.00 bits per heavy atom. The van der Waals surface area contributed by atoms with Crippen LogP contribution in [-0.2, 0) is 9.59 Å². The number of rotatable bonds is 1. The van der Waals surface area contributed by atoms with Gasteiger partial charge in [-0.05, 0) is 42.2 Å². The van der Waals surface area contributed by atoms with Crippen LogP contribution in [0.1, 0.15) is 12.8 Å². The molecule has 2 amide bonds. The number of hydrazine groups is 1. The van der Waals surface area contributed by atoms with Crippen LogP contribution in [0.3, 0.4) is 0 Å². The van der Waals surface area contributed by atoms with E-state index in [0.717, 1.165) is 18.5 Å². The highest BCUT2D eigenvalue weighted by atomic mass is 16.2. The van der Waals surface area contributed by atoms with Gasteiger partial charge in [-0.1, -0.05) is 30.4 Å². The lowest BCUT2D eigenvalue weighted by Crippen LogP contribution is -2.60. The van der Waals surface area contributed by atoms with Crippen LogP contribution in [0.15, 0.2) is 42.5 Å². The maximum Gasteiger partial charge on any atom is 0.250 e. The van der Waals surface area contributed by atoms with Gasteiger partial charge < -0.3 is 0 Å². The largest absolute Gasteiger partial charge is 0.273 e.